The zero-order valence-corrected chi connectivity index (χ0v) is 13.1. The van der Waals surface area contributed by atoms with Gasteiger partial charge in [0.05, 0.1) is 0 Å². The molecule has 1 aromatic carbocycles. The molecular formula is C18H23N3O. The van der Waals surface area contributed by atoms with E-state index in [1.54, 1.807) is 0 Å². The van der Waals surface area contributed by atoms with Crippen LogP contribution in [0.15, 0.2) is 36.5 Å². The number of nitrogens with one attached hydrogen (secondary N) is 1. The molecule has 0 atom stereocenters. The van der Waals surface area contributed by atoms with E-state index in [9.17, 15) is 4.79 Å². The van der Waals surface area contributed by atoms with Gasteiger partial charge in [-0.15, -0.1) is 0 Å². The highest BCUT2D eigenvalue weighted by molar-refractivity contribution is 5.76. The summed E-state index contributed by atoms with van der Waals surface area (Å²) in [6, 6.07) is 10.1. The first-order chi connectivity index (χ1) is 10.7. The summed E-state index contributed by atoms with van der Waals surface area (Å²) < 4.78 is 2.25. The van der Waals surface area contributed by atoms with Gasteiger partial charge in [-0.05, 0) is 31.7 Å². The van der Waals surface area contributed by atoms with Crippen molar-refractivity contribution in [1.82, 2.24) is 14.9 Å². The molecule has 1 heterocycles. The molecule has 0 bridgehead atoms. The van der Waals surface area contributed by atoms with Crippen molar-refractivity contribution in [2.75, 3.05) is 6.54 Å². The number of nitrogens with zero attached hydrogens (tertiary/aromatic N) is 2. The number of carbonyl (C=O) groups is 1. The number of aryl methyl sites for hydroxylation is 2. The van der Waals surface area contributed by atoms with Crippen LogP contribution in [0.4, 0.5) is 0 Å². The van der Waals surface area contributed by atoms with Crippen LogP contribution in [0.2, 0.25) is 0 Å². The lowest BCUT2D eigenvalue weighted by molar-refractivity contribution is -0.121. The van der Waals surface area contributed by atoms with Crippen LogP contribution in [0.3, 0.4) is 0 Å². The van der Waals surface area contributed by atoms with Crippen LogP contribution in [-0.2, 0) is 17.8 Å². The minimum atomic E-state index is 0.120. The van der Waals surface area contributed by atoms with Gasteiger partial charge >= 0.3 is 0 Å². The highest BCUT2D eigenvalue weighted by Gasteiger charge is 2.28. The predicted octanol–water partition coefficient (Wildman–Crippen LogP) is 2.82. The molecular weight excluding hydrogens is 274 g/mol. The molecule has 1 aromatic heterocycles. The molecule has 22 heavy (non-hydrogen) atoms. The lowest BCUT2D eigenvalue weighted by Crippen LogP contribution is -2.28. The Labute approximate surface area is 131 Å². The topological polar surface area (TPSA) is 46.9 Å². The van der Waals surface area contributed by atoms with E-state index >= 15 is 0 Å². The Morgan fingerprint density at radius 3 is 2.82 bits per heavy atom. The number of aromatic nitrogens is 2. The smallest absolute Gasteiger partial charge is 0.220 e. The fourth-order valence-electron chi connectivity index (χ4n) is 2.74. The Balaban J connectivity index is 1.43. The van der Waals surface area contributed by atoms with Crippen molar-refractivity contribution in [2.24, 2.45) is 0 Å². The first-order valence-corrected chi connectivity index (χ1v) is 8.06. The van der Waals surface area contributed by atoms with Gasteiger partial charge in [0.2, 0.25) is 5.91 Å². The Kier molecular flexibility index (Phi) is 4.56. The lowest BCUT2D eigenvalue weighted by atomic mass is 10.1. The zero-order chi connectivity index (χ0) is 15.4. The Morgan fingerprint density at radius 2 is 2.09 bits per heavy atom. The van der Waals surface area contributed by atoms with Crippen LogP contribution in [0.25, 0.3) is 0 Å². The van der Waals surface area contributed by atoms with Crippen LogP contribution < -0.4 is 5.32 Å². The molecule has 3 rings (SSSR count). The third-order valence-corrected chi connectivity index (χ3v) is 4.17. The van der Waals surface area contributed by atoms with E-state index in [-0.39, 0.29) is 5.91 Å². The summed E-state index contributed by atoms with van der Waals surface area (Å²) >= 11 is 0. The van der Waals surface area contributed by atoms with Crippen molar-refractivity contribution in [1.29, 1.82) is 0 Å². The van der Waals surface area contributed by atoms with Crippen LogP contribution >= 0.6 is 0 Å². The molecule has 0 unspecified atom stereocenters. The number of benzene rings is 1. The van der Waals surface area contributed by atoms with E-state index in [0.717, 1.165) is 13.0 Å². The number of rotatable bonds is 7. The van der Waals surface area contributed by atoms with Crippen LogP contribution in [0, 0.1) is 6.92 Å². The molecule has 0 radical (unpaired) electrons. The highest BCUT2D eigenvalue weighted by Crippen LogP contribution is 2.39. The fourth-order valence-corrected chi connectivity index (χ4v) is 2.74. The minimum Gasteiger partial charge on any atom is -0.354 e. The molecule has 4 nitrogen and oxygen atoms in total. The van der Waals surface area contributed by atoms with Crippen molar-refractivity contribution in [3.05, 3.63) is 53.6 Å². The monoisotopic (exact) mass is 297 g/mol. The third kappa shape index (κ3) is 3.75. The van der Waals surface area contributed by atoms with E-state index in [4.69, 9.17) is 0 Å². The number of hydrogen-bond acceptors (Lipinski definition) is 2. The number of amides is 1. The highest BCUT2D eigenvalue weighted by atomic mass is 16.1. The van der Waals surface area contributed by atoms with Crippen molar-refractivity contribution < 1.29 is 4.79 Å². The average molecular weight is 297 g/mol. The van der Waals surface area contributed by atoms with Crippen molar-refractivity contribution >= 4 is 5.91 Å². The minimum absolute atomic E-state index is 0.120. The van der Waals surface area contributed by atoms with E-state index in [2.05, 4.69) is 33.9 Å². The molecule has 4 heteroatoms. The third-order valence-electron chi connectivity index (χ3n) is 4.17. The van der Waals surface area contributed by atoms with E-state index in [1.807, 2.05) is 24.4 Å². The van der Waals surface area contributed by atoms with Gasteiger partial charge in [0.1, 0.15) is 5.82 Å². The Hall–Kier alpha value is -2.10. The maximum absolute atomic E-state index is 11.9. The number of hydrogen-bond donors (Lipinski definition) is 1. The molecule has 1 aliphatic rings. The van der Waals surface area contributed by atoms with Gasteiger partial charge in [0.25, 0.3) is 0 Å². The first kappa shape index (κ1) is 14.8. The maximum atomic E-state index is 11.9. The second-order valence-electron chi connectivity index (χ2n) is 6.02. The summed E-state index contributed by atoms with van der Waals surface area (Å²) in [6.07, 6.45) is 5.77. The summed E-state index contributed by atoms with van der Waals surface area (Å²) in [7, 11) is 0. The number of imidazole rings is 1. The average Bonchev–Trinajstić information content (AvgIpc) is 3.31. The van der Waals surface area contributed by atoms with Gasteiger partial charge in [0.15, 0.2) is 0 Å². The summed E-state index contributed by atoms with van der Waals surface area (Å²) in [4.78, 5) is 16.4. The molecule has 1 aliphatic carbocycles. The molecule has 1 fully saturated rings. The summed E-state index contributed by atoms with van der Waals surface area (Å²) in [6.45, 7) is 3.56. The van der Waals surface area contributed by atoms with Gasteiger partial charge in [-0.25, -0.2) is 4.98 Å². The van der Waals surface area contributed by atoms with Gasteiger partial charge < -0.3 is 9.88 Å². The fraction of sp³-hybridized carbons (Fsp3) is 0.444. The zero-order valence-electron chi connectivity index (χ0n) is 13.1. The number of carbonyl (C=O) groups excluding carboxylic acids is 1. The molecule has 0 aliphatic heterocycles. The van der Waals surface area contributed by atoms with Gasteiger partial charge in [-0.1, -0.05) is 30.3 Å². The van der Waals surface area contributed by atoms with E-state index in [1.165, 1.54) is 29.9 Å². The van der Waals surface area contributed by atoms with Crippen LogP contribution in [0.5, 0.6) is 0 Å². The largest absolute Gasteiger partial charge is 0.354 e. The quantitative estimate of drug-likeness (QED) is 0.854. The van der Waals surface area contributed by atoms with Gasteiger partial charge in [-0.3, -0.25) is 4.79 Å². The second kappa shape index (κ2) is 6.77. The molecule has 0 spiro atoms. The van der Waals surface area contributed by atoms with Crippen molar-refractivity contribution in [3.8, 4) is 0 Å². The lowest BCUT2D eigenvalue weighted by Gasteiger charge is -2.11. The molecule has 0 saturated heterocycles. The molecule has 1 N–H and O–H groups in total. The van der Waals surface area contributed by atoms with Crippen LogP contribution in [0.1, 0.15) is 42.3 Å². The van der Waals surface area contributed by atoms with Gasteiger partial charge in [0, 0.05) is 37.3 Å². The second-order valence-corrected chi connectivity index (χ2v) is 6.02. The first-order valence-electron chi connectivity index (χ1n) is 8.06. The van der Waals surface area contributed by atoms with Gasteiger partial charge in [-0.2, -0.15) is 0 Å². The summed E-state index contributed by atoms with van der Waals surface area (Å²) in [5, 5.41) is 3.02. The maximum Gasteiger partial charge on any atom is 0.220 e. The van der Waals surface area contributed by atoms with Crippen LogP contribution in [-0.4, -0.2) is 22.0 Å². The Bertz CT molecular complexity index is 629. The molecule has 2 aromatic rings. The molecule has 1 amide bonds. The SMILES string of the molecule is Cc1cnc(C2CC2)n1CCNC(=O)CCc1ccccc1. The van der Waals surface area contributed by atoms with E-state index < -0.39 is 0 Å². The standard InChI is InChI=1S/C18H23N3O/c1-14-13-20-18(16-8-9-16)21(14)12-11-19-17(22)10-7-15-5-3-2-4-6-15/h2-6,13,16H,7-12H2,1H3,(H,19,22). The van der Waals surface area contributed by atoms with Crippen molar-refractivity contribution in [2.45, 2.75) is 45.1 Å². The van der Waals surface area contributed by atoms with Crippen molar-refractivity contribution in [3.63, 3.8) is 0 Å². The molecule has 1 saturated carbocycles. The normalized spacial score (nSPS) is 14.0. The predicted molar refractivity (Wildman–Crippen MR) is 86.7 cm³/mol. The van der Waals surface area contributed by atoms with E-state index in [0.29, 0.717) is 18.9 Å². The Morgan fingerprint density at radius 1 is 1.32 bits per heavy atom. The summed E-state index contributed by atoms with van der Waals surface area (Å²) in [5.74, 6) is 1.95. The molecule has 116 valence electrons. The summed E-state index contributed by atoms with van der Waals surface area (Å²) in [5.41, 5.74) is 2.39.